The molecule has 0 spiro atoms. The topological polar surface area (TPSA) is 110 Å². The molecule has 0 saturated carbocycles. The van der Waals surface area contributed by atoms with Gasteiger partial charge >= 0.3 is 0 Å². The summed E-state index contributed by atoms with van der Waals surface area (Å²) in [6.07, 6.45) is 1.20. The van der Waals surface area contributed by atoms with E-state index in [0.29, 0.717) is 11.2 Å². The number of nitrogens with one attached hydrogen (secondary N) is 2. The summed E-state index contributed by atoms with van der Waals surface area (Å²) in [5.74, 6) is -1.16. The summed E-state index contributed by atoms with van der Waals surface area (Å²) in [4.78, 5) is 46.0. The smallest absolute Gasteiger partial charge is 0.261 e. The Hall–Kier alpha value is -3.36. The highest BCUT2D eigenvalue weighted by atomic mass is 19.1. The fraction of sp³-hybridized carbons (Fsp3) is 0.133. The molecular formula is C15H12FN5O3. The molecular weight excluding hydrogens is 317 g/mol. The van der Waals surface area contributed by atoms with E-state index in [1.807, 2.05) is 0 Å². The number of fused-ring (bicyclic) bond motifs is 1. The number of amides is 1. The predicted molar refractivity (Wildman–Crippen MR) is 84.2 cm³/mol. The number of benzene rings is 1. The minimum Gasteiger partial charge on any atom is -0.294 e. The third kappa shape index (κ3) is 3.19. The fourth-order valence-electron chi connectivity index (χ4n) is 2.21. The Morgan fingerprint density at radius 2 is 2.12 bits per heavy atom. The maximum absolute atomic E-state index is 13.3. The lowest BCUT2D eigenvalue weighted by Crippen LogP contribution is -2.29. The molecule has 2 aromatic heterocycles. The quantitative estimate of drug-likeness (QED) is 0.730. The minimum atomic E-state index is -0.580. The number of carbonyl (C=O) groups is 1. The van der Waals surface area contributed by atoms with Gasteiger partial charge in [0.2, 0.25) is 11.9 Å². The zero-order chi connectivity index (χ0) is 17.3. The van der Waals surface area contributed by atoms with Gasteiger partial charge < -0.3 is 0 Å². The monoisotopic (exact) mass is 329 g/mol. The van der Waals surface area contributed by atoms with Crippen LogP contribution in [0.4, 0.5) is 10.3 Å². The van der Waals surface area contributed by atoms with Crippen LogP contribution >= 0.6 is 0 Å². The van der Waals surface area contributed by atoms with E-state index in [0.717, 1.165) is 10.6 Å². The summed E-state index contributed by atoms with van der Waals surface area (Å²) >= 11 is 0. The molecule has 1 amide bonds. The first-order valence-corrected chi connectivity index (χ1v) is 6.95. The zero-order valence-electron chi connectivity index (χ0n) is 12.5. The second-order valence-electron chi connectivity index (χ2n) is 5.12. The Bertz CT molecular complexity index is 1060. The molecule has 1 aromatic carbocycles. The molecule has 0 aliphatic heterocycles. The lowest BCUT2D eigenvalue weighted by Gasteiger charge is -2.07. The van der Waals surface area contributed by atoms with Crippen LogP contribution in [-0.2, 0) is 11.3 Å². The number of hydrogen-bond donors (Lipinski definition) is 2. The molecule has 0 radical (unpaired) electrons. The van der Waals surface area contributed by atoms with Crippen molar-refractivity contribution in [2.75, 3.05) is 5.32 Å². The Labute approximate surface area is 134 Å². The van der Waals surface area contributed by atoms with Crippen molar-refractivity contribution in [1.29, 1.82) is 0 Å². The van der Waals surface area contributed by atoms with Crippen LogP contribution in [0.3, 0.4) is 0 Å². The molecule has 2 heterocycles. The number of carbonyl (C=O) groups excluding carboxylic acids is 1. The Kier molecular flexibility index (Phi) is 3.90. The van der Waals surface area contributed by atoms with Gasteiger partial charge in [0, 0.05) is 11.8 Å². The molecule has 9 heteroatoms. The molecule has 2 N–H and O–H groups in total. The van der Waals surface area contributed by atoms with Gasteiger partial charge in [0.05, 0.1) is 17.2 Å². The van der Waals surface area contributed by atoms with Crippen molar-refractivity contribution in [3.05, 3.63) is 62.8 Å². The summed E-state index contributed by atoms with van der Waals surface area (Å²) in [6, 6.07) is 4.93. The van der Waals surface area contributed by atoms with Crippen LogP contribution < -0.4 is 16.4 Å². The number of nitrogens with zero attached hydrogens (tertiary/aromatic N) is 3. The second-order valence-corrected chi connectivity index (χ2v) is 5.12. The molecule has 0 unspecified atom stereocenters. The van der Waals surface area contributed by atoms with Crippen molar-refractivity contribution in [2.45, 2.75) is 13.5 Å². The molecule has 0 bridgehead atoms. The van der Waals surface area contributed by atoms with Crippen LogP contribution in [0.2, 0.25) is 0 Å². The first-order chi connectivity index (χ1) is 11.4. The number of rotatable bonds is 3. The highest BCUT2D eigenvalue weighted by molar-refractivity contribution is 5.89. The highest BCUT2D eigenvalue weighted by Gasteiger charge is 2.10. The lowest BCUT2D eigenvalue weighted by atomic mass is 10.2. The second kappa shape index (κ2) is 6.03. The number of aromatic amines is 1. The van der Waals surface area contributed by atoms with E-state index in [4.69, 9.17) is 0 Å². The van der Waals surface area contributed by atoms with Crippen molar-refractivity contribution in [3.8, 4) is 0 Å². The van der Waals surface area contributed by atoms with E-state index in [2.05, 4.69) is 20.3 Å². The average molecular weight is 329 g/mol. The number of aromatic nitrogens is 4. The molecule has 0 saturated heterocycles. The Morgan fingerprint density at radius 1 is 1.33 bits per heavy atom. The van der Waals surface area contributed by atoms with E-state index >= 15 is 0 Å². The van der Waals surface area contributed by atoms with E-state index in [1.165, 1.54) is 24.5 Å². The maximum atomic E-state index is 13.3. The van der Waals surface area contributed by atoms with Gasteiger partial charge in [-0.25, -0.2) is 14.4 Å². The summed E-state index contributed by atoms with van der Waals surface area (Å²) in [5.41, 5.74) is -0.171. The third-order valence-electron chi connectivity index (χ3n) is 3.23. The number of halogens is 1. The lowest BCUT2D eigenvalue weighted by molar-refractivity contribution is -0.116. The van der Waals surface area contributed by atoms with Crippen LogP contribution in [0.25, 0.3) is 10.9 Å². The largest absolute Gasteiger partial charge is 0.294 e. The van der Waals surface area contributed by atoms with E-state index in [9.17, 15) is 18.8 Å². The van der Waals surface area contributed by atoms with Crippen LogP contribution in [0.5, 0.6) is 0 Å². The molecule has 8 nitrogen and oxygen atoms in total. The zero-order valence-corrected chi connectivity index (χ0v) is 12.5. The standard InChI is InChI=1S/C15H12FN5O3/c1-8-4-12(22)19-15(18-8)20-13(23)6-21-7-17-11-3-2-9(16)5-10(11)14(21)24/h2-5,7H,6H2,1H3,(H2,18,19,20,22,23). The first kappa shape index (κ1) is 15.5. The van der Waals surface area contributed by atoms with Gasteiger partial charge in [0.1, 0.15) is 12.4 Å². The first-order valence-electron chi connectivity index (χ1n) is 6.95. The molecule has 0 fully saturated rings. The van der Waals surface area contributed by atoms with E-state index in [-0.39, 0.29) is 17.9 Å². The van der Waals surface area contributed by atoms with E-state index < -0.39 is 22.8 Å². The number of H-pyrrole nitrogens is 1. The third-order valence-corrected chi connectivity index (χ3v) is 3.23. The van der Waals surface area contributed by atoms with Gasteiger partial charge in [-0.2, -0.15) is 0 Å². The van der Waals surface area contributed by atoms with Gasteiger partial charge in [-0.15, -0.1) is 0 Å². The number of anilines is 1. The van der Waals surface area contributed by atoms with Crippen molar-refractivity contribution < 1.29 is 9.18 Å². The van der Waals surface area contributed by atoms with Crippen molar-refractivity contribution >= 4 is 22.8 Å². The van der Waals surface area contributed by atoms with Crippen LogP contribution in [-0.4, -0.2) is 25.4 Å². The molecule has 3 rings (SSSR count). The average Bonchev–Trinajstić information content (AvgIpc) is 2.49. The highest BCUT2D eigenvalue weighted by Crippen LogP contribution is 2.08. The Morgan fingerprint density at radius 3 is 2.88 bits per heavy atom. The summed E-state index contributed by atoms with van der Waals surface area (Å²) in [6.45, 7) is 1.26. The summed E-state index contributed by atoms with van der Waals surface area (Å²) in [5, 5.41) is 2.47. The number of aryl methyl sites for hydroxylation is 1. The predicted octanol–water partition coefficient (Wildman–Crippen LogP) is 0.566. The van der Waals surface area contributed by atoms with Crippen LogP contribution in [0.15, 0.2) is 40.2 Å². The molecule has 0 aliphatic carbocycles. The Balaban J connectivity index is 1.86. The van der Waals surface area contributed by atoms with Crippen LogP contribution in [0, 0.1) is 12.7 Å². The summed E-state index contributed by atoms with van der Waals surface area (Å²) in [7, 11) is 0. The fourth-order valence-corrected chi connectivity index (χ4v) is 2.21. The van der Waals surface area contributed by atoms with Gasteiger partial charge in [-0.1, -0.05) is 0 Å². The maximum Gasteiger partial charge on any atom is 0.261 e. The van der Waals surface area contributed by atoms with Crippen molar-refractivity contribution in [1.82, 2.24) is 19.5 Å². The van der Waals surface area contributed by atoms with Gasteiger partial charge in [-0.3, -0.25) is 29.3 Å². The summed E-state index contributed by atoms with van der Waals surface area (Å²) < 4.78 is 14.3. The van der Waals surface area contributed by atoms with Gasteiger partial charge in [-0.05, 0) is 25.1 Å². The van der Waals surface area contributed by atoms with Gasteiger partial charge in [0.25, 0.3) is 11.1 Å². The molecule has 0 atom stereocenters. The van der Waals surface area contributed by atoms with Crippen molar-refractivity contribution in [3.63, 3.8) is 0 Å². The SMILES string of the molecule is Cc1cc(=O)[nH]c(NC(=O)Cn2cnc3ccc(F)cc3c2=O)n1. The molecule has 3 aromatic rings. The molecule has 122 valence electrons. The van der Waals surface area contributed by atoms with E-state index in [1.54, 1.807) is 6.92 Å². The normalized spacial score (nSPS) is 10.8. The molecule has 24 heavy (non-hydrogen) atoms. The number of hydrogen-bond acceptors (Lipinski definition) is 5. The van der Waals surface area contributed by atoms with Crippen LogP contribution in [0.1, 0.15) is 5.69 Å². The van der Waals surface area contributed by atoms with Crippen molar-refractivity contribution in [2.24, 2.45) is 0 Å². The van der Waals surface area contributed by atoms with Gasteiger partial charge in [0.15, 0.2) is 0 Å². The minimum absolute atomic E-state index is 0.0159. The molecule has 0 aliphatic rings.